The fourth-order valence-electron chi connectivity index (χ4n) is 3.80. The van der Waals surface area contributed by atoms with E-state index >= 15 is 0 Å². The molecule has 0 aliphatic rings. The minimum atomic E-state index is -5.08. The van der Waals surface area contributed by atoms with Gasteiger partial charge in [0.2, 0.25) is 11.8 Å². The summed E-state index contributed by atoms with van der Waals surface area (Å²) in [5.41, 5.74) is 11.8. The minimum absolute atomic E-state index is 0.134. The lowest BCUT2D eigenvalue weighted by atomic mass is 9.98. The topological polar surface area (TPSA) is 252 Å². The molecule has 0 bridgehead atoms. The molecule has 0 fully saturated rings. The van der Waals surface area contributed by atoms with Gasteiger partial charge in [-0.1, -0.05) is 50.6 Å². The van der Waals surface area contributed by atoms with E-state index < -0.39 is 60.2 Å². The second kappa shape index (κ2) is 22.8. The molecule has 0 saturated heterocycles. The van der Waals surface area contributed by atoms with Crippen LogP contribution < -0.4 is 32.7 Å². The molecule has 0 spiro atoms. The molecule has 0 unspecified atom stereocenters. The highest BCUT2D eigenvalue weighted by Crippen LogP contribution is 2.13. The Kier molecular flexibility index (Phi) is 20.6. The SMILES string of the molecule is CC[C@@H](C)[C@H](NC(=O)[C@@H](CCCCNC(=O)OCc1ccccc1)NC(=O)N[C@@H](CCCCN)C(=O)O)C(N)=O.O=C(O)C(F)(F)F. The van der Waals surface area contributed by atoms with Crippen LogP contribution in [0.3, 0.4) is 0 Å². The maximum Gasteiger partial charge on any atom is 0.490 e. The van der Waals surface area contributed by atoms with E-state index in [-0.39, 0.29) is 31.9 Å². The molecular weight excluding hydrogens is 633 g/mol. The number of halogens is 3. The molecule has 18 heteroatoms. The average Bonchev–Trinajstić information content (AvgIpc) is 3.01. The molecule has 0 aromatic heterocycles. The first-order chi connectivity index (χ1) is 22.0. The van der Waals surface area contributed by atoms with Gasteiger partial charge >= 0.3 is 30.2 Å². The second-order valence-electron chi connectivity index (χ2n) is 10.4. The van der Waals surface area contributed by atoms with Crippen molar-refractivity contribution in [2.45, 2.75) is 89.7 Å². The number of nitrogens with one attached hydrogen (secondary N) is 4. The lowest BCUT2D eigenvalue weighted by molar-refractivity contribution is -0.192. The molecule has 0 aliphatic carbocycles. The number of carboxylic acids is 2. The van der Waals surface area contributed by atoms with Crippen molar-refractivity contribution in [1.29, 1.82) is 0 Å². The number of carbonyl (C=O) groups is 6. The van der Waals surface area contributed by atoms with Crippen LogP contribution in [0.25, 0.3) is 0 Å². The van der Waals surface area contributed by atoms with Crippen LogP contribution in [0, 0.1) is 5.92 Å². The first-order valence-electron chi connectivity index (χ1n) is 14.9. The second-order valence-corrected chi connectivity index (χ2v) is 10.4. The van der Waals surface area contributed by atoms with Crippen LogP contribution >= 0.6 is 0 Å². The van der Waals surface area contributed by atoms with E-state index in [1.165, 1.54) is 0 Å². The van der Waals surface area contributed by atoms with Crippen molar-refractivity contribution in [3.63, 3.8) is 0 Å². The van der Waals surface area contributed by atoms with Crippen LogP contribution in [-0.4, -0.2) is 83.5 Å². The molecule has 0 radical (unpaired) electrons. The largest absolute Gasteiger partial charge is 0.490 e. The summed E-state index contributed by atoms with van der Waals surface area (Å²) in [7, 11) is 0. The van der Waals surface area contributed by atoms with E-state index in [2.05, 4.69) is 21.3 Å². The van der Waals surface area contributed by atoms with Gasteiger partial charge < -0.3 is 47.7 Å². The molecular formula is C29H45F3N6O9. The molecule has 1 aromatic carbocycles. The summed E-state index contributed by atoms with van der Waals surface area (Å²) in [5, 5.41) is 26.7. The standard InChI is InChI=1S/C27H44N6O7.C2HF3O2/c1-3-18(2)22(23(29)34)33-24(35)20(31-26(38)32-21(25(36)37)14-7-9-15-28)13-8-10-16-30-27(39)40-17-19-11-5-4-6-12-19;3-2(4,5)1(6)7/h4-6,11-12,18,20-22H,3,7-10,13-17,28H2,1-2H3,(H2,29,34)(H,30,39)(H,33,35)(H,36,37)(H2,31,32,38);(H,6,7)/t18-,20-,21+,22+;/m1./s1. The van der Waals surface area contributed by atoms with Gasteiger partial charge in [0.1, 0.15) is 24.7 Å². The molecule has 1 aromatic rings. The molecule has 0 heterocycles. The summed E-state index contributed by atoms with van der Waals surface area (Å²) >= 11 is 0. The quantitative estimate of drug-likeness (QED) is 0.0988. The zero-order valence-electron chi connectivity index (χ0n) is 26.3. The number of amides is 5. The van der Waals surface area contributed by atoms with E-state index in [0.29, 0.717) is 38.6 Å². The van der Waals surface area contributed by atoms with Crippen LogP contribution in [0.4, 0.5) is 22.8 Å². The molecule has 0 aliphatic heterocycles. The van der Waals surface area contributed by atoms with Crippen molar-refractivity contribution in [3.05, 3.63) is 35.9 Å². The van der Waals surface area contributed by atoms with Gasteiger partial charge in [-0.3, -0.25) is 9.59 Å². The molecule has 47 heavy (non-hydrogen) atoms. The summed E-state index contributed by atoms with van der Waals surface area (Å²) in [6.45, 7) is 4.43. The highest BCUT2D eigenvalue weighted by atomic mass is 19.4. The zero-order chi connectivity index (χ0) is 36.0. The fraction of sp³-hybridized carbons (Fsp3) is 0.586. The van der Waals surface area contributed by atoms with Gasteiger partial charge in [-0.05, 0) is 56.6 Å². The van der Waals surface area contributed by atoms with Crippen LogP contribution in [0.1, 0.15) is 64.4 Å². The molecule has 5 amide bonds. The van der Waals surface area contributed by atoms with E-state index in [0.717, 1.165) is 5.56 Å². The Morgan fingerprint density at radius 3 is 1.96 bits per heavy atom. The smallest absolute Gasteiger partial charge is 0.480 e. The van der Waals surface area contributed by atoms with Crippen LogP contribution in [0.5, 0.6) is 0 Å². The van der Waals surface area contributed by atoms with Crippen LogP contribution in [0.15, 0.2) is 30.3 Å². The Morgan fingerprint density at radius 1 is 0.894 bits per heavy atom. The Labute approximate surface area is 270 Å². The Morgan fingerprint density at radius 2 is 1.45 bits per heavy atom. The summed E-state index contributed by atoms with van der Waals surface area (Å²) < 4.78 is 36.9. The Balaban J connectivity index is 0.00000270. The van der Waals surface area contributed by atoms with Gasteiger partial charge in [0, 0.05) is 6.54 Å². The Bertz CT molecular complexity index is 1140. The number of hydrogen-bond acceptors (Lipinski definition) is 8. The number of ether oxygens (including phenoxy) is 1. The first-order valence-corrected chi connectivity index (χ1v) is 14.9. The van der Waals surface area contributed by atoms with Gasteiger partial charge in [-0.15, -0.1) is 0 Å². The monoisotopic (exact) mass is 678 g/mol. The number of benzene rings is 1. The summed E-state index contributed by atoms with van der Waals surface area (Å²) in [6.07, 6.45) is -2.73. The van der Waals surface area contributed by atoms with Gasteiger partial charge in [0.05, 0.1) is 0 Å². The fourth-order valence-corrected chi connectivity index (χ4v) is 3.80. The van der Waals surface area contributed by atoms with Gasteiger partial charge in [-0.2, -0.15) is 13.2 Å². The summed E-state index contributed by atoms with van der Waals surface area (Å²) in [6, 6.07) is 5.23. The number of rotatable bonds is 19. The third kappa shape index (κ3) is 19.5. The highest BCUT2D eigenvalue weighted by Gasteiger charge is 2.38. The van der Waals surface area contributed by atoms with Crippen molar-refractivity contribution in [2.75, 3.05) is 13.1 Å². The number of alkyl carbamates (subject to hydrolysis) is 1. The van der Waals surface area contributed by atoms with Crippen molar-refractivity contribution in [3.8, 4) is 0 Å². The van der Waals surface area contributed by atoms with Gasteiger partial charge in [0.15, 0.2) is 0 Å². The summed E-state index contributed by atoms with van der Waals surface area (Å²) in [5.74, 6) is -5.52. The number of urea groups is 1. The number of aliphatic carboxylic acids is 2. The van der Waals surface area contributed by atoms with Gasteiger partial charge in [-0.25, -0.2) is 19.2 Å². The molecule has 1 rings (SSSR count). The van der Waals surface area contributed by atoms with Crippen molar-refractivity contribution in [1.82, 2.24) is 21.3 Å². The molecule has 4 atom stereocenters. The number of hydrogen-bond donors (Lipinski definition) is 8. The van der Waals surface area contributed by atoms with Crippen molar-refractivity contribution in [2.24, 2.45) is 17.4 Å². The maximum absolute atomic E-state index is 13.1. The number of unbranched alkanes of at least 4 members (excludes halogenated alkanes) is 2. The maximum atomic E-state index is 13.1. The lowest BCUT2D eigenvalue weighted by Gasteiger charge is -2.25. The number of carboxylic acid groups (broad SMARTS) is 2. The Hall–Kier alpha value is -4.61. The van der Waals surface area contributed by atoms with E-state index in [1.54, 1.807) is 6.92 Å². The van der Waals surface area contributed by atoms with E-state index in [4.69, 9.17) is 26.1 Å². The zero-order valence-corrected chi connectivity index (χ0v) is 26.3. The molecule has 10 N–H and O–H groups in total. The predicted molar refractivity (Wildman–Crippen MR) is 163 cm³/mol. The van der Waals surface area contributed by atoms with Crippen LogP contribution in [0.2, 0.25) is 0 Å². The first kappa shape index (κ1) is 42.4. The van der Waals surface area contributed by atoms with Crippen molar-refractivity contribution >= 4 is 35.9 Å². The predicted octanol–water partition coefficient (Wildman–Crippen LogP) is 1.98. The summed E-state index contributed by atoms with van der Waals surface area (Å²) in [4.78, 5) is 70.0. The third-order valence-corrected chi connectivity index (χ3v) is 6.63. The van der Waals surface area contributed by atoms with E-state index in [1.807, 2.05) is 37.3 Å². The number of nitrogens with two attached hydrogens (primary N) is 2. The van der Waals surface area contributed by atoms with Crippen molar-refractivity contribution < 1.29 is 56.9 Å². The molecule has 0 saturated carbocycles. The third-order valence-electron chi connectivity index (χ3n) is 6.63. The molecule has 15 nitrogen and oxygen atoms in total. The average molecular weight is 679 g/mol. The minimum Gasteiger partial charge on any atom is -0.480 e. The van der Waals surface area contributed by atoms with Crippen LogP contribution in [-0.2, 0) is 30.5 Å². The molecule has 266 valence electrons. The highest BCUT2D eigenvalue weighted by molar-refractivity contribution is 5.92. The lowest BCUT2D eigenvalue weighted by Crippen LogP contribution is -2.57. The number of carbonyl (C=O) groups excluding carboxylic acids is 4. The van der Waals surface area contributed by atoms with E-state index in [9.17, 15) is 42.3 Å². The normalized spacial score (nSPS) is 13.3. The van der Waals surface area contributed by atoms with Gasteiger partial charge in [0.25, 0.3) is 0 Å². The number of alkyl halides is 3. The number of primary amides is 1.